The van der Waals surface area contributed by atoms with Gasteiger partial charge in [-0.1, -0.05) is 12.1 Å². The van der Waals surface area contributed by atoms with E-state index in [9.17, 15) is 4.79 Å². The molecule has 1 aromatic carbocycles. The average Bonchev–Trinajstić information content (AvgIpc) is 2.62. The van der Waals surface area contributed by atoms with Gasteiger partial charge in [0.2, 0.25) is 5.88 Å². The number of carbonyl (C=O) groups excluding carboxylic acids is 1. The quantitative estimate of drug-likeness (QED) is 0.891. The third-order valence-corrected chi connectivity index (χ3v) is 4.20. The first-order valence-corrected chi connectivity index (χ1v) is 8.96. The minimum absolute atomic E-state index is 0.151. The van der Waals surface area contributed by atoms with Crippen molar-refractivity contribution in [3.05, 3.63) is 48.2 Å². The van der Waals surface area contributed by atoms with Crippen molar-refractivity contribution in [3.8, 4) is 5.88 Å². The number of aromatic nitrogens is 1. The van der Waals surface area contributed by atoms with Crippen molar-refractivity contribution in [2.75, 3.05) is 29.9 Å². The summed E-state index contributed by atoms with van der Waals surface area (Å²) in [7, 11) is 0. The summed E-state index contributed by atoms with van der Waals surface area (Å²) in [5.74, 6) is 0.322. The molecule has 0 aliphatic carbocycles. The highest BCUT2D eigenvalue weighted by molar-refractivity contribution is 6.05. The molecular weight excluding hydrogens is 330 g/mol. The van der Waals surface area contributed by atoms with Crippen LogP contribution >= 0.6 is 0 Å². The zero-order chi connectivity index (χ0) is 18.5. The van der Waals surface area contributed by atoms with Gasteiger partial charge in [0.05, 0.1) is 35.8 Å². The summed E-state index contributed by atoms with van der Waals surface area (Å²) in [5, 5.41) is 3.00. The van der Waals surface area contributed by atoms with Crippen LogP contribution in [-0.4, -0.2) is 42.8 Å². The van der Waals surface area contributed by atoms with Gasteiger partial charge in [0.25, 0.3) is 5.91 Å². The van der Waals surface area contributed by atoms with Crippen LogP contribution in [0.1, 0.15) is 31.1 Å². The van der Waals surface area contributed by atoms with E-state index in [0.29, 0.717) is 18.1 Å². The summed E-state index contributed by atoms with van der Waals surface area (Å²) in [4.78, 5) is 19.0. The summed E-state index contributed by atoms with van der Waals surface area (Å²) >= 11 is 0. The summed E-state index contributed by atoms with van der Waals surface area (Å²) in [5.41, 5.74) is 2.28. The second-order valence-corrected chi connectivity index (χ2v) is 6.45. The number of hydrogen-bond donors (Lipinski definition) is 1. The lowest BCUT2D eigenvalue weighted by Gasteiger charge is -2.37. The Labute approximate surface area is 154 Å². The molecule has 6 heteroatoms. The largest absolute Gasteiger partial charge is 0.478 e. The van der Waals surface area contributed by atoms with Crippen LogP contribution in [0.15, 0.2) is 42.6 Å². The number of ether oxygens (including phenoxy) is 2. The lowest BCUT2D eigenvalue weighted by atomic mass is 10.1. The molecule has 0 saturated carbocycles. The van der Waals surface area contributed by atoms with Gasteiger partial charge in [-0.05, 0) is 39.0 Å². The van der Waals surface area contributed by atoms with Crippen LogP contribution in [0.2, 0.25) is 0 Å². The molecule has 0 bridgehead atoms. The van der Waals surface area contributed by atoms with E-state index >= 15 is 0 Å². The molecule has 0 spiro atoms. The Kier molecular flexibility index (Phi) is 5.73. The van der Waals surface area contributed by atoms with Gasteiger partial charge in [-0.2, -0.15) is 0 Å². The maximum atomic E-state index is 12.6. The molecule has 26 heavy (non-hydrogen) atoms. The fourth-order valence-corrected chi connectivity index (χ4v) is 3.17. The molecule has 1 aliphatic heterocycles. The van der Waals surface area contributed by atoms with E-state index < -0.39 is 0 Å². The van der Waals surface area contributed by atoms with Crippen LogP contribution in [0.25, 0.3) is 0 Å². The van der Waals surface area contributed by atoms with Crippen molar-refractivity contribution in [1.29, 1.82) is 0 Å². The van der Waals surface area contributed by atoms with Crippen LogP contribution in [0.3, 0.4) is 0 Å². The number of nitrogens with zero attached hydrogens (tertiary/aromatic N) is 2. The average molecular weight is 355 g/mol. The van der Waals surface area contributed by atoms with E-state index in [2.05, 4.69) is 29.0 Å². The maximum absolute atomic E-state index is 12.6. The fourth-order valence-electron chi connectivity index (χ4n) is 3.17. The third kappa shape index (κ3) is 4.32. The van der Waals surface area contributed by atoms with E-state index in [-0.39, 0.29) is 18.1 Å². The normalized spacial score (nSPS) is 19.9. The van der Waals surface area contributed by atoms with Crippen molar-refractivity contribution >= 4 is 17.3 Å². The molecule has 3 rings (SSSR count). The number of anilines is 2. The van der Waals surface area contributed by atoms with Crippen molar-refractivity contribution in [2.45, 2.75) is 33.0 Å². The van der Waals surface area contributed by atoms with Crippen LogP contribution < -0.4 is 15.0 Å². The maximum Gasteiger partial charge on any atom is 0.257 e. The predicted octanol–water partition coefficient (Wildman–Crippen LogP) is 3.35. The topological polar surface area (TPSA) is 63.7 Å². The van der Waals surface area contributed by atoms with Crippen molar-refractivity contribution in [3.63, 3.8) is 0 Å². The number of pyridine rings is 1. The van der Waals surface area contributed by atoms with E-state index in [0.717, 1.165) is 24.5 Å². The number of morpholine rings is 1. The van der Waals surface area contributed by atoms with Gasteiger partial charge >= 0.3 is 0 Å². The van der Waals surface area contributed by atoms with Crippen molar-refractivity contribution in [2.24, 2.45) is 0 Å². The molecule has 1 aliphatic rings. The lowest BCUT2D eigenvalue weighted by Crippen LogP contribution is -2.45. The summed E-state index contributed by atoms with van der Waals surface area (Å²) < 4.78 is 11.1. The lowest BCUT2D eigenvalue weighted by molar-refractivity contribution is -0.00517. The Morgan fingerprint density at radius 3 is 2.62 bits per heavy atom. The Bertz CT molecular complexity index is 738. The van der Waals surface area contributed by atoms with E-state index in [1.54, 1.807) is 12.1 Å². The van der Waals surface area contributed by atoms with Crippen molar-refractivity contribution < 1.29 is 14.3 Å². The number of rotatable bonds is 5. The van der Waals surface area contributed by atoms with Crippen molar-refractivity contribution in [1.82, 2.24) is 4.98 Å². The molecule has 1 fully saturated rings. The first-order chi connectivity index (χ1) is 12.6. The monoisotopic (exact) mass is 355 g/mol. The number of para-hydroxylation sites is 2. The molecule has 0 radical (unpaired) electrons. The van der Waals surface area contributed by atoms with Crippen LogP contribution in [0.4, 0.5) is 11.4 Å². The summed E-state index contributed by atoms with van der Waals surface area (Å²) in [6.07, 6.45) is 1.83. The Morgan fingerprint density at radius 2 is 1.96 bits per heavy atom. The zero-order valence-corrected chi connectivity index (χ0v) is 15.4. The first kappa shape index (κ1) is 18.2. The summed E-state index contributed by atoms with van der Waals surface area (Å²) in [6, 6.07) is 11.3. The molecule has 2 heterocycles. The van der Waals surface area contributed by atoms with Crippen LogP contribution in [-0.2, 0) is 4.74 Å². The predicted molar refractivity (Wildman–Crippen MR) is 102 cm³/mol. The Morgan fingerprint density at radius 1 is 1.23 bits per heavy atom. The zero-order valence-electron chi connectivity index (χ0n) is 15.4. The molecule has 2 atom stereocenters. The standard InChI is InChI=1S/C20H25N3O3/c1-4-25-19-10-9-16(11-21-19)20(24)22-17-7-5-6-8-18(17)23-12-14(2)26-15(3)13-23/h5-11,14-15H,4,12-13H2,1-3H3,(H,22,24)/t14-,15+. The Balaban J connectivity index is 1.76. The highest BCUT2D eigenvalue weighted by Gasteiger charge is 2.24. The van der Waals surface area contributed by atoms with Crippen LogP contribution in [0, 0.1) is 0 Å². The van der Waals surface area contributed by atoms with E-state index in [1.807, 2.05) is 31.2 Å². The SMILES string of the molecule is CCOc1ccc(C(=O)Nc2ccccc2N2C[C@@H](C)O[C@@H](C)C2)cn1. The molecular formula is C20H25N3O3. The van der Waals surface area contributed by atoms with Gasteiger partial charge < -0.3 is 19.7 Å². The summed E-state index contributed by atoms with van der Waals surface area (Å²) in [6.45, 7) is 8.16. The number of benzene rings is 1. The smallest absolute Gasteiger partial charge is 0.257 e. The highest BCUT2D eigenvalue weighted by Crippen LogP contribution is 2.29. The van der Waals surface area contributed by atoms with Gasteiger partial charge in [0, 0.05) is 25.4 Å². The fraction of sp³-hybridized carbons (Fsp3) is 0.400. The second kappa shape index (κ2) is 8.19. The number of nitrogens with one attached hydrogen (secondary N) is 1. The van der Waals surface area contributed by atoms with Crippen LogP contribution in [0.5, 0.6) is 5.88 Å². The van der Waals surface area contributed by atoms with Gasteiger partial charge in [0.15, 0.2) is 0 Å². The third-order valence-electron chi connectivity index (χ3n) is 4.20. The molecule has 138 valence electrons. The second-order valence-electron chi connectivity index (χ2n) is 6.45. The minimum Gasteiger partial charge on any atom is -0.478 e. The van der Waals surface area contributed by atoms with E-state index in [4.69, 9.17) is 9.47 Å². The minimum atomic E-state index is -0.192. The number of amides is 1. The molecule has 1 N–H and O–H groups in total. The van der Waals surface area contributed by atoms with Gasteiger partial charge in [0.1, 0.15) is 0 Å². The first-order valence-electron chi connectivity index (χ1n) is 8.96. The molecule has 2 aromatic rings. The van der Waals surface area contributed by atoms with Gasteiger partial charge in [-0.3, -0.25) is 4.79 Å². The van der Waals surface area contributed by atoms with E-state index in [1.165, 1.54) is 6.20 Å². The highest BCUT2D eigenvalue weighted by atomic mass is 16.5. The van der Waals surface area contributed by atoms with Gasteiger partial charge in [-0.25, -0.2) is 4.98 Å². The molecule has 1 saturated heterocycles. The number of carbonyl (C=O) groups is 1. The molecule has 6 nitrogen and oxygen atoms in total. The number of hydrogen-bond acceptors (Lipinski definition) is 5. The Hall–Kier alpha value is -2.60. The molecule has 1 aromatic heterocycles. The van der Waals surface area contributed by atoms with Gasteiger partial charge in [-0.15, -0.1) is 0 Å². The molecule has 1 amide bonds. The molecule has 0 unspecified atom stereocenters.